The molecule has 1 aromatic heterocycles. The summed E-state index contributed by atoms with van der Waals surface area (Å²) in [6, 6.07) is 12.8. The molecule has 1 atom stereocenters. The maximum atomic E-state index is 14.3. The molecule has 0 aliphatic rings. The molecule has 0 unspecified atom stereocenters. The van der Waals surface area contributed by atoms with E-state index in [1.807, 2.05) is 19.9 Å². The number of anilines is 3. The fourth-order valence-corrected chi connectivity index (χ4v) is 2.94. The Bertz CT molecular complexity index is 1030. The number of aromatic nitrogens is 2. The van der Waals surface area contributed by atoms with Gasteiger partial charge >= 0.3 is 6.18 Å². The average molecular weight is 434 g/mol. The molecule has 0 fully saturated rings. The maximum absolute atomic E-state index is 14.3. The van der Waals surface area contributed by atoms with E-state index in [2.05, 4.69) is 20.6 Å². The lowest BCUT2D eigenvalue weighted by molar-refractivity contribution is -0.137. The van der Waals surface area contributed by atoms with Crippen molar-refractivity contribution in [3.63, 3.8) is 0 Å². The molecule has 0 amide bonds. The first kappa shape index (κ1) is 22.5. The van der Waals surface area contributed by atoms with Gasteiger partial charge < -0.3 is 15.7 Å². The Morgan fingerprint density at radius 3 is 2.32 bits per heavy atom. The van der Waals surface area contributed by atoms with E-state index in [-0.39, 0.29) is 30.3 Å². The molecule has 5 nitrogen and oxygen atoms in total. The molecule has 31 heavy (non-hydrogen) atoms. The zero-order valence-corrected chi connectivity index (χ0v) is 16.9. The molecule has 0 saturated heterocycles. The van der Waals surface area contributed by atoms with Crippen LogP contribution >= 0.6 is 0 Å². The zero-order valence-electron chi connectivity index (χ0n) is 16.9. The van der Waals surface area contributed by atoms with Gasteiger partial charge in [0.15, 0.2) is 0 Å². The Morgan fingerprint density at radius 2 is 1.71 bits per heavy atom. The van der Waals surface area contributed by atoms with E-state index in [0.29, 0.717) is 11.3 Å². The van der Waals surface area contributed by atoms with E-state index in [1.54, 1.807) is 24.3 Å². The first-order chi connectivity index (χ1) is 14.7. The van der Waals surface area contributed by atoms with E-state index >= 15 is 0 Å². The second-order valence-corrected chi connectivity index (χ2v) is 7.29. The summed E-state index contributed by atoms with van der Waals surface area (Å²) in [7, 11) is 0. The third-order valence-electron chi connectivity index (χ3n) is 4.68. The van der Waals surface area contributed by atoms with Gasteiger partial charge in [0.1, 0.15) is 11.6 Å². The normalized spacial score (nSPS) is 12.6. The van der Waals surface area contributed by atoms with Crippen molar-refractivity contribution in [2.45, 2.75) is 26.1 Å². The van der Waals surface area contributed by atoms with E-state index < -0.39 is 23.2 Å². The predicted octanol–water partition coefficient (Wildman–Crippen LogP) is 5.47. The number of nitrogens with zero attached hydrogens (tertiary/aromatic N) is 2. The second kappa shape index (κ2) is 9.30. The number of aliphatic hydroxyl groups is 1. The standard InChI is InChI=1S/C22H22F4N4O/c1-13(2)18(12-31)28-21-27-17(14-7-4-3-5-8-14)11-19(30-21)29-20-15(22(24,25)26)9-6-10-16(20)23/h3-11,13,18,31H,12H2,1-2H3,(H2,27,28,29,30)/t18-/m1/s1. The van der Waals surface area contributed by atoms with Crippen LogP contribution in [0.5, 0.6) is 0 Å². The number of hydrogen-bond acceptors (Lipinski definition) is 5. The predicted molar refractivity (Wildman–Crippen MR) is 111 cm³/mol. The van der Waals surface area contributed by atoms with Crippen molar-refractivity contribution in [2.75, 3.05) is 17.2 Å². The van der Waals surface area contributed by atoms with Crippen LogP contribution in [0, 0.1) is 11.7 Å². The number of halogens is 4. The highest BCUT2D eigenvalue weighted by Crippen LogP contribution is 2.37. The van der Waals surface area contributed by atoms with E-state index in [0.717, 1.165) is 18.2 Å². The molecule has 0 aliphatic heterocycles. The van der Waals surface area contributed by atoms with Gasteiger partial charge in [0.2, 0.25) is 5.95 Å². The van der Waals surface area contributed by atoms with Crippen molar-refractivity contribution in [1.29, 1.82) is 0 Å². The van der Waals surface area contributed by atoms with Crippen LogP contribution in [0.4, 0.5) is 35.0 Å². The number of benzene rings is 2. The molecule has 0 saturated carbocycles. The van der Waals surface area contributed by atoms with Crippen molar-refractivity contribution >= 4 is 17.5 Å². The summed E-state index contributed by atoms with van der Waals surface area (Å²) < 4.78 is 54.5. The van der Waals surface area contributed by atoms with Gasteiger partial charge in [-0.25, -0.2) is 9.37 Å². The SMILES string of the molecule is CC(C)[C@@H](CO)Nc1nc(Nc2c(F)cccc2C(F)(F)F)cc(-c2ccccc2)n1. The monoisotopic (exact) mass is 434 g/mol. The Morgan fingerprint density at radius 1 is 1.00 bits per heavy atom. The van der Waals surface area contributed by atoms with Gasteiger partial charge in [0.05, 0.1) is 29.6 Å². The van der Waals surface area contributed by atoms with Crippen LogP contribution in [0.3, 0.4) is 0 Å². The molecule has 0 aliphatic carbocycles. The minimum atomic E-state index is -4.75. The molecular weight excluding hydrogens is 412 g/mol. The number of para-hydroxylation sites is 1. The first-order valence-corrected chi connectivity index (χ1v) is 9.63. The summed E-state index contributed by atoms with van der Waals surface area (Å²) in [4.78, 5) is 8.63. The van der Waals surface area contributed by atoms with Gasteiger partial charge in [-0.15, -0.1) is 0 Å². The summed E-state index contributed by atoms with van der Waals surface area (Å²) in [5.74, 6) is -0.942. The van der Waals surface area contributed by atoms with E-state index in [1.165, 1.54) is 6.07 Å². The quantitative estimate of drug-likeness (QED) is 0.430. The van der Waals surface area contributed by atoms with Gasteiger partial charge in [0, 0.05) is 11.6 Å². The topological polar surface area (TPSA) is 70.1 Å². The average Bonchev–Trinajstić information content (AvgIpc) is 2.73. The van der Waals surface area contributed by atoms with E-state index in [4.69, 9.17) is 0 Å². The van der Waals surface area contributed by atoms with Crippen molar-refractivity contribution in [2.24, 2.45) is 5.92 Å². The molecule has 9 heteroatoms. The lowest BCUT2D eigenvalue weighted by Crippen LogP contribution is -2.30. The number of nitrogens with one attached hydrogen (secondary N) is 2. The number of alkyl halides is 3. The Hall–Kier alpha value is -3.20. The van der Waals surface area contributed by atoms with Crippen LogP contribution in [0.15, 0.2) is 54.6 Å². The molecule has 3 rings (SSSR count). The summed E-state index contributed by atoms with van der Waals surface area (Å²) in [6.45, 7) is 3.59. The molecular formula is C22H22F4N4O. The smallest absolute Gasteiger partial charge is 0.394 e. The highest BCUT2D eigenvalue weighted by molar-refractivity contribution is 5.69. The highest BCUT2D eigenvalue weighted by atomic mass is 19.4. The minimum Gasteiger partial charge on any atom is -0.394 e. The summed E-state index contributed by atoms with van der Waals surface area (Å²) in [5, 5.41) is 15.1. The van der Waals surface area contributed by atoms with Crippen LogP contribution in [0.2, 0.25) is 0 Å². The second-order valence-electron chi connectivity index (χ2n) is 7.29. The summed E-state index contributed by atoms with van der Waals surface area (Å²) >= 11 is 0. The zero-order chi connectivity index (χ0) is 22.6. The Kier molecular flexibility index (Phi) is 6.74. The van der Waals surface area contributed by atoms with Crippen LogP contribution in [-0.2, 0) is 6.18 Å². The van der Waals surface area contributed by atoms with Crippen LogP contribution in [-0.4, -0.2) is 27.7 Å². The van der Waals surface area contributed by atoms with Crippen molar-refractivity contribution in [3.05, 3.63) is 66.0 Å². The molecule has 2 aromatic carbocycles. The van der Waals surface area contributed by atoms with Gasteiger partial charge in [0.25, 0.3) is 0 Å². The number of aliphatic hydroxyl groups excluding tert-OH is 1. The number of rotatable bonds is 7. The lowest BCUT2D eigenvalue weighted by atomic mass is 10.1. The molecule has 0 radical (unpaired) electrons. The van der Waals surface area contributed by atoms with Crippen LogP contribution in [0.1, 0.15) is 19.4 Å². The van der Waals surface area contributed by atoms with Crippen molar-refractivity contribution < 1.29 is 22.7 Å². The summed E-state index contributed by atoms with van der Waals surface area (Å²) in [5.41, 5.74) is -0.741. The number of hydrogen-bond donors (Lipinski definition) is 3. The maximum Gasteiger partial charge on any atom is 0.418 e. The third kappa shape index (κ3) is 5.49. The molecule has 1 heterocycles. The fourth-order valence-electron chi connectivity index (χ4n) is 2.94. The first-order valence-electron chi connectivity index (χ1n) is 9.63. The molecule has 0 spiro atoms. The molecule has 3 N–H and O–H groups in total. The highest BCUT2D eigenvalue weighted by Gasteiger charge is 2.35. The van der Waals surface area contributed by atoms with Gasteiger partial charge in [-0.1, -0.05) is 50.2 Å². The van der Waals surface area contributed by atoms with E-state index in [9.17, 15) is 22.7 Å². The van der Waals surface area contributed by atoms with Gasteiger partial charge in [-0.2, -0.15) is 18.2 Å². The largest absolute Gasteiger partial charge is 0.418 e. The molecule has 164 valence electrons. The minimum absolute atomic E-state index is 0.0209. The lowest BCUT2D eigenvalue weighted by Gasteiger charge is -2.21. The fraction of sp³-hybridized carbons (Fsp3) is 0.273. The summed E-state index contributed by atoms with van der Waals surface area (Å²) in [6.07, 6.45) is -4.75. The van der Waals surface area contributed by atoms with Crippen LogP contribution in [0.25, 0.3) is 11.3 Å². The Labute approximate surface area is 177 Å². The van der Waals surface area contributed by atoms with Gasteiger partial charge in [-0.05, 0) is 18.1 Å². The van der Waals surface area contributed by atoms with Gasteiger partial charge in [-0.3, -0.25) is 0 Å². The Balaban J connectivity index is 2.07. The van der Waals surface area contributed by atoms with Crippen molar-refractivity contribution in [3.8, 4) is 11.3 Å². The van der Waals surface area contributed by atoms with Crippen molar-refractivity contribution in [1.82, 2.24) is 9.97 Å². The molecule has 0 bridgehead atoms. The molecule has 3 aromatic rings. The van der Waals surface area contributed by atoms with Crippen LogP contribution < -0.4 is 10.6 Å². The third-order valence-corrected chi connectivity index (χ3v) is 4.68.